The van der Waals surface area contributed by atoms with Crippen LogP contribution in [0.4, 0.5) is 0 Å². The highest BCUT2D eigenvalue weighted by Crippen LogP contribution is 2.33. The second kappa shape index (κ2) is 13.0. The normalized spacial score (nSPS) is 20.9. The largest absolute Gasteiger partial charge is 0.481 e. The number of aliphatic carboxylic acids is 1. The number of amides is 2. The van der Waals surface area contributed by atoms with Crippen molar-refractivity contribution >= 4 is 38.7 Å². The Morgan fingerprint density at radius 2 is 1.85 bits per heavy atom. The van der Waals surface area contributed by atoms with E-state index in [-0.39, 0.29) is 24.8 Å². The molecule has 2 aromatic rings. The number of carboxylic acids is 1. The monoisotopic (exact) mass is 560 g/mol. The highest BCUT2D eigenvalue weighted by Gasteiger charge is 2.38. The summed E-state index contributed by atoms with van der Waals surface area (Å²) in [5.74, 6) is -4.12. The van der Waals surface area contributed by atoms with Crippen LogP contribution < -0.4 is 15.4 Å². The van der Waals surface area contributed by atoms with Crippen molar-refractivity contribution in [1.82, 2.24) is 19.9 Å². The predicted molar refractivity (Wildman–Crippen MR) is 148 cm³/mol. The summed E-state index contributed by atoms with van der Waals surface area (Å²) < 4.78 is 28.0. The Morgan fingerprint density at radius 1 is 1.10 bits per heavy atom. The minimum Gasteiger partial charge on any atom is -0.481 e. The smallest absolute Gasteiger partial charge is 0.308 e. The lowest BCUT2D eigenvalue weighted by Crippen LogP contribution is -2.52. The number of fused-ring (bicyclic) bond motifs is 5. The molecule has 1 aliphatic heterocycles. The lowest BCUT2D eigenvalue weighted by molar-refractivity contribution is -0.147. The van der Waals surface area contributed by atoms with E-state index in [1.807, 2.05) is 24.4 Å². The van der Waals surface area contributed by atoms with Crippen molar-refractivity contribution in [2.45, 2.75) is 70.4 Å². The Morgan fingerprint density at radius 3 is 2.56 bits per heavy atom. The van der Waals surface area contributed by atoms with Crippen molar-refractivity contribution < 1.29 is 27.9 Å². The van der Waals surface area contributed by atoms with E-state index >= 15 is 0 Å². The zero-order chi connectivity index (χ0) is 28.0. The van der Waals surface area contributed by atoms with E-state index in [2.05, 4.69) is 26.0 Å². The van der Waals surface area contributed by atoms with E-state index in [9.17, 15) is 27.9 Å². The zero-order valence-electron chi connectivity index (χ0n) is 22.5. The number of hydrogen-bond donors (Lipinski definition) is 4. The summed E-state index contributed by atoms with van der Waals surface area (Å²) in [5.41, 5.74) is 2.02. The third-order valence-corrected chi connectivity index (χ3v) is 8.76. The SMILES string of the molecule is CS(=O)(=O)NC[C@H](C(=O)O)[C@@H](CC1CCCC1)C(=O)NC1Cc2cn(c3ccccc23)CCCCCNC1=O. The van der Waals surface area contributed by atoms with Gasteiger partial charge >= 0.3 is 5.97 Å². The fourth-order valence-corrected chi connectivity index (χ4v) is 6.48. The predicted octanol–water partition coefficient (Wildman–Crippen LogP) is 2.42. The number of carbonyl (C=O) groups excluding carboxylic acids is 2. The number of rotatable bonds is 9. The number of benzene rings is 1. The molecular weight excluding hydrogens is 520 g/mol. The Labute approximate surface area is 230 Å². The molecule has 2 aliphatic rings. The lowest BCUT2D eigenvalue weighted by Gasteiger charge is -2.28. The third-order valence-electron chi connectivity index (χ3n) is 8.07. The van der Waals surface area contributed by atoms with Crippen LogP contribution in [0, 0.1) is 17.8 Å². The molecule has 11 heteroatoms. The lowest BCUT2D eigenvalue weighted by atomic mass is 9.82. The third kappa shape index (κ3) is 7.82. The maximum Gasteiger partial charge on any atom is 0.308 e. The number of nitrogens with one attached hydrogen (secondary N) is 3. The minimum absolute atomic E-state index is 0.184. The second-order valence-corrected chi connectivity index (χ2v) is 12.9. The van der Waals surface area contributed by atoms with Gasteiger partial charge in [-0.3, -0.25) is 14.4 Å². The molecule has 2 amide bonds. The number of nitrogens with zero attached hydrogens (tertiary/aromatic N) is 1. The zero-order valence-corrected chi connectivity index (χ0v) is 23.3. The first-order valence-corrected chi connectivity index (χ1v) is 15.8. The summed E-state index contributed by atoms with van der Waals surface area (Å²) in [4.78, 5) is 39.4. The van der Waals surface area contributed by atoms with Crippen molar-refractivity contribution in [3.63, 3.8) is 0 Å². The van der Waals surface area contributed by atoms with Crippen LogP contribution >= 0.6 is 0 Å². The fourth-order valence-electron chi connectivity index (χ4n) is 6.00. The molecule has 4 N–H and O–H groups in total. The maximum absolute atomic E-state index is 13.8. The van der Waals surface area contributed by atoms with E-state index in [0.29, 0.717) is 13.0 Å². The number of para-hydroxylation sites is 1. The molecule has 2 bridgehead atoms. The molecule has 0 saturated heterocycles. The van der Waals surface area contributed by atoms with Crippen LogP contribution in [0.15, 0.2) is 30.5 Å². The molecule has 1 fully saturated rings. The first-order chi connectivity index (χ1) is 18.6. The van der Waals surface area contributed by atoms with Gasteiger partial charge in [0.05, 0.1) is 18.1 Å². The van der Waals surface area contributed by atoms with Gasteiger partial charge in [0.15, 0.2) is 0 Å². The summed E-state index contributed by atoms with van der Waals surface area (Å²) in [6.07, 6.45) is 10.2. The van der Waals surface area contributed by atoms with Gasteiger partial charge in [0.25, 0.3) is 0 Å². The maximum atomic E-state index is 13.8. The number of aromatic nitrogens is 1. The van der Waals surface area contributed by atoms with Crippen LogP contribution in [0.2, 0.25) is 0 Å². The number of carbonyl (C=O) groups is 3. The standard InChI is InChI=1S/C28H40N4O6S/c1-39(37,38)30-17-23(28(35)36)22(15-19-9-3-4-10-19)26(33)31-24-16-20-18-32(25-12-6-5-11-21(20)25)14-8-2-7-13-29-27(24)34/h5-6,11-12,18-19,22-24,30H,2-4,7-10,13-17H2,1H3,(H,29,34)(H,31,33)(H,35,36)/t22-,23+,24?/m1/s1. The first-order valence-electron chi connectivity index (χ1n) is 13.9. The molecule has 0 spiro atoms. The van der Waals surface area contributed by atoms with Gasteiger partial charge in [-0.2, -0.15) is 0 Å². The molecule has 1 saturated carbocycles. The summed E-state index contributed by atoms with van der Waals surface area (Å²) in [6, 6.07) is 7.11. The van der Waals surface area contributed by atoms with Crippen LogP contribution in [0.3, 0.4) is 0 Å². The molecule has 214 valence electrons. The molecule has 2 heterocycles. The first kappa shape index (κ1) is 29.1. The molecule has 1 aliphatic carbocycles. The number of sulfonamides is 1. The molecule has 1 aromatic carbocycles. The second-order valence-electron chi connectivity index (χ2n) is 11.0. The van der Waals surface area contributed by atoms with Gasteiger partial charge in [-0.05, 0) is 43.2 Å². The van der Waals surface area contributed by atoms with Gasteiger partial charge in [0.1, 0.15) is 6.04 Å². The molecule has 1 aromatic heterocycles. The van der Waals surface area contributed by atoms with Gasteiger partial charge in [-0.25, -0.2) is 13.1 Å². The molecule has 4 rings (SSSR count). The number of hydrogen-bond acceptors (Lipinski definition) is 5. The highest BCUT2D eigenvalue weighted by atomic mass is 32.2. The summed E-state index contributed by atoms with van der Waals surface area (Å²) in [7, 11) is -3.65. The highest BCUT2D eigenvalue weighted by molar-refractivity contribution is 7.88. The van der Waals surface area contributed by atoms with Gasteiger partial charge < -0.3 is 20.3 Å². The van der Waals surface area contributed by atoms with E-state index in [1.165, 1.54) is 0 Å². The topological polar surface area (TPSA) is 147 Å². The summed E-state index contributed by atoms with van der Waals surface area (Å²) in [5, 5.41) is 16.9. The van der Waals surface area contributed by atoms with E-state index in [4.69, 9.17) is 0 Å². The molecule has 39 heavy (non-hydrogen) atoms. The van der Waals surface area contributed by atoms with Crippen molar-refractivity contribution in [3.05, 3.63) is 36.0 Å². The Balaban J connectivity index is 1.62. The Bertz CT molecular complexity index is 1280. The van der Waals surface area contributed by atoms with Gasteiger partial charge in [-0.15, -0.1) is 0 Å². The average Bonchev–Trinajstić information content (AvgIpc) is 3.51. The average molecular weight is 561 g/mol. The van der Waals surface area contributed by atoms with Crippen molar-refractivity contribution in [2.24, 2.45) is 17.8 Å². The molecular formula is C28H40N4O6S. The molecule has 1 unspecified atom stereocenters. The van der Waals surface area contributed by atoms with Crippen molar-refractivity contribution in [2.75, 3.05) is 19.3 Å². The van der Waals surface area contributed by atoms with Gasteiger partial charge in [0.2, 0.25) is 21.8 Å². The molecule has 3 atom stereocenters. The van der Waals surface area contributed by atoms with Crippen LogP contribution in [-0.4, -0.2) is 61.3 Å². The van der Waals surface area contributed by atoms with Crippen molar-refractivity contribution in [1.29, 1.82) is 0 Å². The van der Waals surface area contributed by atoms with E-state index < -0.39 is 39.8 Å². The van der Waals surface area contributed by atoms with Crippen LogP contribution in [0.5, 0.6) is 0 Å². The minimum atomic E-state index is -3.65. The molecule has 10 nitrogen and oxygen atoms in total. The molecule has 0 radical (unpaired) electrons. The van der Waals surface area contributed by atoms with E-state index in [0.717, 1.165) is 74.2 Å². The quantitative estimate of drug-likeness (QED) is 0.370. The number of aryl methyl sites for hydroxylation is 1. The van der Waals surface area contributed by atoms with Gasteiger partial charge in [-0.1, -0.05) is 43.9 Å². The van der Waals surface area contributed by atoms with Gasteiger partial charge in [0, 0.05) is 43.2 Å². The van der Waals surface area contributed by atoms with Crippen LogP contribution in [0.25, 0.3) is 10.9 Å². The van der Waals surface area contributed by atoms with Crippen LogP contribution in [0.1, 0.15) is 56.9 Å². The Kier molecular flexibility index (Phi) is 9.66. The summed E-state index contributed by atoms with van der Waals surface area (Å²) in [6.45, 7) is 0.977. The summed E-state index contributed by atoms with van der Waals surface area (Å²) >= 11 is 0. The Hall–Kier alpha value is -2.92. The fraction of sp³-hybridized carbons (Fsp3) is 0.607. The number of carboxylic acid groups (broad SMARTS) is 1. The van der Waals surface area contributed by atoms with Crippen LogP contribution in [-0.2, 0) is 37.4 Å². The van der Waals surface area contributed by atoms with Crippen molar-refractivity contribution in [3.8, 4) is 0 Å². The van der Waals surface area contributed by atoms with E-state index in [1.54, 1.807) is 0 Å².